The second-order valence-corrected chi connectivity index (χ2v) is 6.61. The van der Waals surface area contributed by atoms with Gasteiger partial charge in [0.1, 0.15) is 12.4 Å². The summed E-state index contributed by atoms with van der Waals surface area (Å²) in [4.78, 5) is 14.7. The Balaban J connectivity index is 1.50. The van der Waals surface area contributed by atoms with Crippen LogP contribution in [0.2, 0.25) is 5.02 Å². The zero-order valence-electron chi connectivity index (χ0n) is 15.0. The van der Waals surface area contributed by atoms with Gasteiger partial charge in [-0.15, -0.1) is 0 Å². The fourth-order valence-corrected chi connectivity index (χ4v) is 2.89. The molecule has 0 unspecified atom stereocenters. The highest BCUT2D eigenvalue weighted by molar-refractivity contribution is 6.30. The lowest BCUT2D eigenvalue weighted by molar-refractivity contribution is -0.384. The molecule has 144 valence electrons. The summed E-state index contributed by atoms with van der Waals surface area (Å²) < 4.78 is 11.1. The third-order valence-electron chi connectivity index (χ3n) is 4.14. The molecule has 1 heterocycles. The first-order valence-electron chi connectivity index (χ1n) is 8.65. The molecule has 0 aliphatic carbocycles. The molecule has 29 heavy (non-hydrogen) atoms. The summed E-state index contributed by atoms with van der Waals surface area (Å²) >= 11 is 5.97. The molecule has 0 N–H and O–H groups in total. The van der Waals surface area contributed by atoms with Crippen molar-refractivity contribution in [3.05, 3.63) is 93.5 Å². The summed E-state index contributed by atoms with van der Waals surface area (Å²) in [5, 5.41) is 15.3. The van der Waals surface area contributed by atoms with Crippen molar-refractivity contribution in [2.24, 2.45) is 0 Å². The van der Waals surface area contributed by atoms with Gasteiger partial charge in [-0.3, -0.25) is 10.1 Å². The molecular weight excluding hydrogens is 394 g/mol. The van der Waals surface area contributed by atoms with Crippen LogP contribution in [0.4, 0.5) is 5.69 Å². The number of hydrogen-bond acceptors (Lipinski definition) is 6. The standard InChI is InChI=1S/C21H14ClN3O4/c22-17-5-2-6-19(12-17)28-13-14-3-1-4-16(11-14)21-23-20(24-29-21)15-7-9-18(10-8-15)25(26)27/h1-12H,13H2. The molecule has 1 aromatic heterocycles. The van der Waals surface area contributed by atoms with Gasteiger partial charge >= 0.3 is 0 Å². The monoisotopic (exact) mass is 407 g/mol. The van der Waals surface area contributed by atoms with Gasteiger partial charge in [0, 0.05) is 28.3 Å². The number of nitro groups is 1. The largest absolute Gasteiger partial charge is 0.489 e. The van der Waals surface area contributed by atoms with E-state index in [0.29, 0.717) is 34.7 Å². The summed E-state index contributed by atoms with van der Waals surface area (Å²) in [6.45, 7) is 0.359. The normalized spacial score (nSPS) is 10.7. The molecule has 0 amide bonds. The first-order chi connectivity index (χ1) is 14.1. The topological polar surface area (TPSA) is 91.3 Å². The summed E-state index contributed by atoms with van der Waals surface area (Å²) in [7, 11) is 0. The molecule has 0 saturated heterocycles. The number of nitro benzene ring substituents is 1. The number of halogens is 1. The van der Waals surface area contributed by atoms with E-state index in [-0.39, 0.29) is 5.69 Å². The van der Waals surface area contributed by atoms with Crippen molar-refractivity contribution in [2.45, 2.75) is 6.61 Å². The smallest absolute Gasteiger partial charge is 0.269 e. The van der Waals surface area contributed by atoms with Gasteiger partial charge in [0.05, 0.1) is 4.92 Å². The second kappa shape index (κ2) is 8.12. The Morgan fingerprint density at radius 3 is 2.55 bits per heavy atom. The van der Waals surface area contributed by atoms with Crippen LogP contribution in [-0.2, 0) is 6.61 Å². The molecule has 4 rings (SSSR count). The van der Waals surface area contributed by atoms with Crippen molar-refractivity contribution in [2.75, 3.05) is 0 Å². The molecule has 0 bridgehead atoms. The minimum atomic E-state index is -0.456. The van der Waals surface area contributed by atoms with E-state index in [0.717, 1.165) is 11.1 Å². The van der Waals surface area contributed by atoms with E-state index in [1.807, 2.05) is 36.4 Å². The van der Waals surface area contributed by atoms with E-state index in [4.69, 9.17) is 20.9 Å². The fraction of sp³-hybridized carbons (Fsp3) is 0.0476. The average molecular weight is 408 g/mol. The quantitative estimate of drug-likeness (QED) is 0.307. The van der Waals surface area contributed by atoms with Gasteiger partial charge in [0.2, 0.25) is 5.82 Å². The summed E-state index contributed by atoms with van der Waals surface area (Å²) in [6.07, 6.45) is 0. The van der Waals surface area contributed by atoms with E-state index >= 15 is 0 Å². The SMILES string of the molecule is O=[N+]([O-])c1ccc(-c2noc(-c3cccc(COc4cccc(Cl)c4)c3)n2)cc1. The van der Waals surface area contributed by atoms with Gasteiger partial charge < -0.3 is 9.26 Å². The number of non-ortho nitro benzene ring substituents is 1. The van der Waals surface area contributed by atoms with Crippen LogP contribution in [-0.4, -0.2) is 15.1 Å². The van der Waals surface area contributed by atoms with Gasteiger partial charge in [0.25, 0.3) is 11.6 Å². The Bertz CT molecular complexity index is 1160. The minimum Gasteiger partial charge on any atom is -0.489 e. The fourth-order valence-electron chi connectivity index (χ4n) is 2.71. The molecule has 0 fully saturated rings. The first-order valence-corrected chi connectivity index (χ1v) is 9.02. The van der Waals surface area contributed by atoms with Crippen LogP contribution in [0.1, 0.15) is 5.56 Å². The Labute approximate surface area is 170 Å². The lowest BCUT2D eigenvalue weighted by atomic mass is 10.1. The van der Waals surface area contributed by atoms with Crippen molar-refractivity contribution < 1.29 is 14.2 Å². The molecule has 0 aliphatic heterocycles. The minimum absolute atomic E-state index is 0.00451. The van der Waals surface area contributed by atoms with Crippen LogP contribution in [0.3, 0.4) is 0 Å². The Morgan fingerprint density at radius 2 is 1.79 bits per heavy atom. The zero-order valence-corrected chi connectivity index (χ0v) is 15.7. The maximum Gasteiger partial charge on any atom is 0.269 e. The summed E-state index contributed by atoms with van der Waals surface area (Å²) in [5.74, 6) is 1.39. The third-order valence-corrected chi connectivity index (χ3v) is 4.37. The number of hydrogen-bond donors (Lipinski definition) is 0. The van der Waals surface area contributed by atoms with Crippen molar-refractivity contribution in [3.63, 3.8) is 0 Å². The highest BCUT2D eigenvalue weighted by atomic mass is 35.5. The number of ether oxygens (including phenoxy) is 1. The maximum absolute atomic E-state index is 10.8. The lowest BCUT2D eigenvalue weighted by Gasteiger charge is -2.07. The highest BCUT2D eigenvalue weighted by Gasteiger charge is 2.13. The van der Waals surface area contributed by atoms with Crippen molar-refractivity contribution in [1.82, 2.24) is 10.1 Å². The summed E-state index contributed by atoms with van der Waals surface area (Å²) in [6, 6.07) is 20.7. The van der Waals surface area contributed by atoms with Crippen molar-refractivity contribution in [3.8, 4) is 28.6 Å². The predicted octanol–water partition coefficient (Wildman–Crippen LogP) is 5.54. The third kappa shape index (κ3) is 4.41. The number of nitrogens with zero attached hydrogens (tertiary/aromatic N) is 3. The molecule has 0 saturated carbocycles. The van der Waals surface area contributed by atoms with Gasteiger partial charge in [-0.1, -0.05) is 35.0 Å². The van der Waals surface area contributed by atoms with Gasteiger partial charge in [-0.05, 0) is 48.0 Å². The second-order valence-electron chi connectivity index (χ2n) is 6.17. The van der Waals surface area contributed by atoms with Crippen LogP contribution in [0.25, 0.3) is 22.8 Å². The van der Waals surface area contributed by atoms with E-state index in [2.05, 4.69) is 10.1 Å². The zero-order chi connectivity index (χ0) is 20.2. The molecular formula is C21H14ClN3O4. The van der Waals surface area contributed by atoms with Crippen LogP contribution in [0.15, 0.2) is 77.3 Å². The van der Waals surface area contributed by atoms with E-state index in [1.54, 1.807) is 24.3 Å². The number of aromatic nitrogens is 2. The first kappa shape index (κ1) is 18.6. The average Bonchev–Trinajstić information content (AvgIpc) is 3.23. The maximum atomic E-state index is 10.8. The molecule has 0 radical (unpaired) electrons. The molecule has 0 aliphatic rings. The van der Waals surface area contributed by atoms with Gasteiger partial charge in [0.15, 0.2) is 0 Å². The molecule has 4 aromatic rings. The van der Waals surface area contributed by atoms with Crippen LogP contribution >= 0.6 is 11.6 Å². The summed E-state index contributed by atoms with van der Waals surface area (Å²) in [5.41, 5.74) is 2.31. The highest BCUT2D eigenvalue weighted by Crippen LogP contribution is 2.25. The van der Waals surface area contributed by atoms with Crippen LogP contribution < -0.4 is 4.74 Å². The molecule has 8 heteroatoms. The van der Waals surface area contributed by atoms with Crippen molar-refractivity contribution >= 4 is 17.3 Å². The molecule has 3 aromatic carbocycles. The van der Waals surface area contributed by atoms with Gasteiger partial charge in [-0.25, -0.2) is 0 Å². The molecule has 0 atom stereocenters. The Hall–Kier alpha value is -3.71. The van der Waals surface area contributed by atoms with Crippen LogP contribution in [0, 0.1) is 10.1 Å². The Morgan fingerprint density at radius 1 is 1.00 bits per heavy atom. The number of rotatable bonds is 6. The van der Waals surface area contributed by atoms with Gasteiger partial charge in [-0.2, -0.15) is 4.98 Å². The predicted molar refractivity (Wildman–Crippen MR) is 108 cm³/mol. The van der Waals surface area contributed by atoms with Crippen molar-refractivity contribution in [1.29, 1.82) is 0 Å². The lowest BCUT2D eigenvalue weighted by Crippen LogP contribution is -1.95. The van der Waals surface area contributed by atoms with Crippen LogP contribution in [0.5, 0.6) is 5.75 Å². The van der Waals surface area contributed by atoms with E-state index in [1.165, 1.54) is 12.1 Å². The molecule has 0 spiro atoms. The number of benzene rings is 3. The van der Waals surface area contributed by atoms with E-state index < -0.39 is 4.92 Å². The van der Waals surface area contributed by atoms with E-state index in [9.17, 15) is 10.1 Å². The molecule has 7 nitrogen and oxygen atoms in total. The Kier molecular flexibility index (Phi) is 5.22.